The minimum Gasteiger partial charge on any atom is -0.351 e. The number of rotatable bonds is 10. The van der Waals surface area contributed by atoms with Gasteiger partial charge in [0.2, 0.25) is 0 Å². The molecule has 3 aliphatic carbocycles. The molecule has 39 heavy (non-hydrogen) atoms. The Balaban J connectivity index is 1.04. The first-order valence-electron chi connectivity index (χ1n) is 17.1. The quantitative estimate of drug-likeness (QED) is 0.110. The van der Waals surface area contributed by atoms with E-state index < -0.39 is 0 Å². The highest BCUT2D eigenvalue weighted by atomic mass is 32.2. The molecule has 12 unspecified atom stereocenters. The molecule has 0 aromatic rings. The SMILES string of the molecule is CC1CCCCCN(SCNC2CC3CC3C(C(C)CCC(C)C3OC3NO)CCC2C)CC2CCC(C1)C2. The van der Waals surface area contributed by atoms with Gasteiger partial charge in [-0.2, -0.15) is 5.48 Å². The normalized spacial score (nSPS) is 43.3. The van der Waals surface area contributed by atoms with Gasteiger partial charge >= 0.3 is 0 Å². The largest absolute Gasteiger partial charge is 0.351 e. The Hall–Kier alpha value is 0.150. The van der Waals surface area contributed by atoms with Crippen molar-refractivity contribution in [1.29, 1.82) is 0 Å². The van der Waals surface area contributed by atoms with Crippen LogP contribution in [-0.4, -0.2) is 46.9 Å². The average molecular weight is 564 g/mol. The Morgan fingerprint density at radius 3 is 2.54 bits per heavy atom. The molecule has 5 fully saturated rings. The van der Waals surface area contributed by atoms with Gasteiger partial charge in [-0.3, -0.25) is 0 Å². The molecule has 2 saturated heterocycles. The standard InChI is InChI=1S/C33H61N3O2S/c1-22-8-6-5-7-15-36(20-27-13-12-26(16-22)17-27)39-21-34-31-19-28-18-30(28)29(14-11-24(31)3)23(2)9-10-25(4)32-33(35-37)38-32/h22-35,37H,5-21H2,1-4H3. The number of fused-ring (bicyclic) bond motifs is 3. The predicted molar refractivity (Wildman–Crippen MR) is 163 cm³/mol. The Morgan fingerprint density at radius 2 is 1.72 bits per heavy atom. The number of ether oxygens (including phenoxy) is 1. The third-order valence-corrected chi connectivity index (χ3v) is 12.8. The van der Waals surface area contributed by atoms with Gasteiger partial charge in [-0.05, 0) is 111 Å². The first-order valence-corrected chi connectivity index (χ1v) is 18.0. The summed E-state index contributed by atoms with van der Waals surface area (Å²) in [7, 11) is 0. The van der Waals surface area contributed by atoms with Crippen LogP contribution in [0.4, 0.5) is 0 Å². The smallest absolute Gasteiger partial charge is 0.156 e. The molecule has 2 bridgehead atoms. The molecule has 5 rings (SSSR count). The molecule has 3 saturated carbocycles. The fraction of sp³-hybridized carbons (Fsp3) is 1.00. The molecule has 5 aliphatic rings. The minimum atomic E-state index is -0.126. The maximum atomic E-state index is 9.08. The van der Waals surface area contributed by atoms with E-state index in [0.717, 1.165) is 53.2 Å². The number of hydrogen-bond acceptors (Lipinski definition) is 6. The summed E-state index contributed by atoms with van der Waals surface area (Å²) in [6.45, 7) is 12.4. The van der Waals surface area contributed by atoms with Crippen molar-refractivity contribution in [3.63, 3.8) is 0 Å². The summed E-state index contributed by atoms with van der Waals surface area (Å²) in [6, 6.07) is 0.698. The molecule has 0 spiro atoms. The molecule has 0 radical (unpaired) electrons. The van der Waals surface area contributed by atoms with E-state index in [1.54, 1.807) is 0 Å². The molecule has 0 aromatic heterocycles. The van der Waals surface area contributed by atoms with Crippen molar-refractivity contribution in [2.45, 2.75) is 136 Å². The Morgan fingerprint density at radius 1 is 0.897 bits per heavy atom. The molecule has 6 heteroatoms. The lowest BCUT2D eigenvalue weighted by atomic mass is 9.76. The van der Waals surface area contributed by atoms with Crippen LogP contribution in [0.5, 0.6) is 0 Å². The zero-order valence-corrected chi connectivity index (χ0v) is 26.5. The van der Waals surface area contributed by atoms with Gasteiger partial charge in [0.25, 0.3) is 0 Å². The second-order valence-corrected chi connectivity index (χ2v) is 16.1. The number of hydroxylamine groups is 1. The highest BCUT2D eigenvalue weighted by Gasteiger charge is 2.48. The monoisotopic (exact) mass is 563 g/mol. The lowest BCUT2D eigenvalue weighted by Crippen LogP contribution is -2.38. The van der Waals surface area contributed by atoms with Gasteiger partial charge in [-0.25, -0.2) is 4.31 Å². The highest BCUT2D eigenvalue weighted by Crippen LogP contribution is 2.54. The summed E-state index contributed by atoms with van der Waals surface area (Å²) in [6.07, 6.45) is 19.9. The summed E-state index contributed by atoms with van der Waals surface area (Å²) in [5.41, 5.74) is 2.28. The number of epoxide rings is 1. The van der Waals surface area contributed by atoms with Crippen LogP contribution >= 0.6 is 11.9 Å². The van der Waals surface area contributed by atoms with Crippen molar-refractivity contribution in [2.24, 2.45) is 53.3 Å². The Kier molecular flexibility index (Phi) is 11.4. The van der Waals surface area contributed by atoms with Crippen molar-refractivity contribution in [3.8, 4) is 0 Å². The van der Waals surface area contributed by atoms with Crippen molar-refractivity contribution in [2.75, 3.05) is 19.0 Å². The Labute approximate surface area is 244 Å². The summed E-state index contributed by atoms with van der Waals surface area (Å²) in [5.74, 6) is 8.94. The molecule has 2 heterocycles. The van der Waals surface area contributed by atoms with Crippen molar-refractivity contribution < 1.29 is 9.94 Å². The van der Waals surface area contributed by atoms with Crippen LogP contribution in [0, 0.1) is 53.3 Å². The van der Waals surface area contributed by atoms with E-state index in [0.29, 0.717) is 12.0 Å². The average Bonchev–Trinajstić information content (AvgIpc) is 3.82. The van der Waals surface area contributed by atoms with E-state index in [1.165, 1.54) is 103 Å². The van der Waals surface area contributed by atoms with Gasteiger partial charge in [0.1, 0.15) is 6.10 Å². The highest BCUT2D eigenvalue weighted by molar-refractivity contribution is 7.96. The van der Waals surface area contributed by atoms with Gasteiger partial charge in [0.05, 0.1) is 5.88 Å². The van der Waals surface area contributed by atoms with Gasteiger partial charge in [-0.1, -0.05) is 71.7 Å². The fourth-order valence-electron chi connectivity index (χ4n) is 8.99. The number of hydrogen-bond donors (Lipinski definition) is 3. The van der Waals surface area contributed by atoms with Gasteiger partial charge in [0, 0.05) is 19.1 Å². The molecular formula is C33H61N3O2S. The number of nitrogens with one attached hydrogen (secondary N) is 2. The first kappa shape index (κ1) is 30.6. The van der Waals surface area contributed by atoms with Crippen molar-refractivity contribution >= 4 is 11.9 Å². The van der Waals surface area contributed by atoms with Crippen LogP contribution in [0.2, 0.25) is 0 Å². The molecule has 0 amide bonds. The lowest BCUT2D eigenvalue weighted by Gasteiger charge is -2.33. The van der Waals surface area contributed by atoms with E-state index >= 15 is 0 Å². The van der Waals surface area contributed by atoms with E-state index in [4.69, 9.17) is 9.94 Å². The molecule has 5 nitrogen and oxygen atoms in total. The van der Waals surface area contributed by atoms with Gasteiger partial charge < -0.3 is 15.3 Å². The number of nitrogens with zero attached hydrogens (tertiary/aromatic N) is 1. The maximum Gasteiger partial charge on any atom is 0.156 e. The fourth-order valence-corrected chi connectivity index (χ4v) is 10.0. The molecule has 12 atom stereocenters. The van der Waals surface area contributed by atoms with Crippen molar-refractivity contribution in [1.82, 2.24) is 15.1 Å². The van der Waals surface area contributed by atoms with Crippen LogP contribution in [0.25, 0.3) is 0 Å². The van der Waals surface area contributed by atoms with Gasteiger partial charge in [-0.15, -0.1) is 0 Å². The second-order valence-electron chi connectivity index (χ2n) is 15.0. The zero-order valence-electron chi connectivity index (χ0n) is 25.7. The summed E-state index contributed by atoms with van der Waals surface area (Å²) in [4.78, 5) is 0. The van der Waals surface area contributed by atoms with E-state index in [9.17, 15) is 0 Å². The zero-order chi connectivity index (χ0) is 27.4. The minimum absolute atomic E-state index is 0.126. The second kappa shape index (κ2) is 14.6. The summed E-state index contributed by atoms with van der Waals surface area (Å²) < 4.78 is 8.31. The third-order valence-electron chi connectivity index (χ3n) is 11.8. The van der Waals surface area contributed by atoms with Gasteiger partial charge in [0.15, 0.2) is 6.23 Å². The van der Waals surface area contributed by atoms with E-state index in [2.05, 4.69) is 54.7 Å². The van der Waals surface area contributed by atoms with Crippen LogP contribution in [0.15, 0.2) is 0 Å². The van der Waals surface area contributed by atoms with Crippen LogP contribution in [0.1, 0.15) is 118 Å². The Bertz CT molecular complexity index is 742. The molecule has 2 aliphatic heterocycles. The van der Waals surface area contributed by atoms with E-state index in [1.807, 2.05) is 0 Å². The van der Waals surface area contributed by atoms with E-state index in [-0.39, 0.29) is 12.3 Å². The topological polar surface area (TPSA) is 60.1 Å². The lowest BCUT2D eigenvalue weighted by molar-refractivity contribution is 0.119. The molecular weight excluding hydrogens is 502 g/mol. The third kappa shape index (κ3) is 8.83. The first-order chi connectivity index (χ1) is 18.9. The predicted octanol–water partition coefficient (Wildman–Crippen LogP) is 7.70. The van der Waals surface area contributed by atoms with Crippen molar-refractivity contribution in [3.05, 3.63) is 0 Å². The van der Waals surface area contributed by atoms with Crippen LogP contribution in [0.3, 0.4) is 0 Å². The maximum absolute atomic E-state index is 9.08. The molecule has 3 N–H and O–H groups in total. The molecule has 0 aromatic carbocycles. The summed E-state index contributed by atoms with van der Waals surface area (Å²) >= 11 is 2.12. The van der Waals surface area contributed by atoms with Crippen LogP contribution < -0.4 is 10.8 Å². The summed E-state index contributed by atoms with van der Waals surface area (Å²) in [5, 5.41) is 13.1. The van der Waals surface area contributed by atoms with Crippen LogP contribution in [-0.2, 0) is 4.74 Å². The molecule has 226 valence electrons.